The third-order valence-electron chi connectivity index (χ3n) is 13.4. The molecule has 0 radical (unpaired) electrons. The lowest BCUT2D eigenvalue weighted by Gasteiger charge is -2.33. The van der Waals surface area contributed by atoms with Gasteiger partial charge in [-0.05, 0) is 104 Å². The van der Waals surface area contributed by atoms with E-state index in [0.717, 1.165) is 11.4 Å². The van der Waals surface area contributed by atoms with E-state index in [0.29, 0.717) is 5.92 Å². The largest absolute Gasteiger partial charge is 0.309 e. The van der Waals surface area contributed by atoms with E-state index in [9.17, 15) is 0 Å². The lowest BCUT2D eigenvalue weighted by Crippen LogP contribution is -2.17. The quantitative estimate of drug-likeness (QED) is 0.155. The van der Waals surface area contributed by atoms with Gasteiger partial charge in [-0.1, -0.05) is 200 Å². The second-order valence-corrected chi connectivity index (χ2v) is 20.6. The predicted octanol–water partition coefficient (Wildman–Crippen LogP) is 18.3. The number of para-hydroxylation sites is 3. The van der Waals surface area contributed by atoms with Crippen LogP contribution >= 0.6 is 11.3 Å². The lowest BCUT2D eigenvalue weighted by atomic mass is 9.78. The fraction of sp³-hybridized carbons (Fsp3) is 0.233. The summed E-state index contributed by atoms with van der Waals surface area (Å²) in [5.74, 6) is 0.575. The Morgan fingerprint density at radius 2 is 0.919 bits per heavy atom. The van der Waals surface area contributed by atoms with Gasteiger partial charge in [-0.2, -0.15) is 0 Å². The van der Waals surface area contributed by atoms with Crippen molar-refractivity contribution in [2.75, 3.05) is 4.90 Å². The standard InChI is InChI=1S/C60H57NS/c1-59(2,3)43-37-42(38-44(39-43)60(4,5)6)45-25-10-14-32-52(45)61(54-34-16-12-27-48(54)50-31-20-36-56-58(50)51-28-13-17-35-55(51)62-56)53-33-15-11-26-47(53)49-30-19-24-41-23-18-29-46(57(41)49)40-21-8-7-9-22-40/h10-20,23-40H,7-9,21-22H2,1-6H3. The zero-order chi connectivity index (χ0) is 42.6. The number of benzene rings is 8. The normalized spacial score (nSPS) is 13.9. The Labute approximate surface area is 372 Å². The van der Waals surface area contributed by atoms with E-state index in [1.807, 2.05) is 11.3 Å². The van der Waals surface area contributed by atoms with Crippen molar-refractivity contribution in [3.63, 3.8) is 0 Å². The molecule has 0 aliphatic heterocycles. The fourth-order valence-corrected chi connectivity index (χ4v) is 11.2. The van der Waals surface area contributed by atoms with Crippen LogP contribution in [0.1, 0.15) is 96.3 Å². The maximum atomic E-state index is 2.59. The highest BCUT2D eigenvalue weighted by molar-refractivity contribution is 7.25. The Balaban J connectivity index is 1.28. The lowest BCUT2D eigenvalue weighted by molar-refractivity contribution is 0.445. The first kappa shape index (κ1) is 40.1. The molecule has 0 bridgehead atoms. The number of fused-ring (bicyclic) bond motifs is 4. The highest BCUT2D eigenvalue weighted by Gasteiger charge is 2.28. The average molecular weight is 824 g/mol. The second kappa shape index (κ2) is 16.1. The summed E-state index contributed by atoms with van der Waals surface area (Å²) in [5, 5.41) is 5.35. The number of hydrogen-bond donors (Lipinski definition) is 0. The van der Waals surface area contributed by atoms with Crippen LogP contribution < -0.4 is 4.90 Å². The summed E-state index contributed by atoms with van der Waals surface area (Å²) in [6, 6.07) is 64.5. The van der Waals surface area contributed by atoms with E-state index >= 15 is 0 Å². The molecule has 1 heterocycles. The summed E-state index contributed by atoms with van der Waals surface area (Å²) in [4.78, 5) is 2.59. The number of nitrogens with zero attached hydrogens (tertiary/aromatic N) is 1. The molecule has 1 fully saturated rings. The van der Waals surface area contributed by atoms with Crippen molar-refractivity contribution in [2.24, 2.45) is 0 Å². The molecule has 1 aliphatic rings. The summed E-state index contributed by atoms with van der Waals surface area (Å²) in [6.45, 7) is 14.0. The predicted molar refractivity (Wildman–Crippen MR) is 271 cm³/mol. The van der Waals surface area contributed by atoms with E-state index < -0.39 is 0 Å². The van der Waals surface area contributed by atoms with Crippen molar-refractivity contribution in [3.05, 3.63) is 187 Å². The van der Waals surface area contributed by atoms with Crippen LogP contribution in [0.25, 0.3) is 64.3 Å². The highest BCUT2D eigenvalue weighted by Crippen LogP contribution is 2.51. The van der Waals surface area contributed by atoms with Crippen LogP contribution in [-0.2, 0) is 10.8 Å². The van der Waals surface area contributed by atoms with Gasteiger partial charge in [0, 0.05) is 36.9 Å². The van der Waals surface area contributed by atoms with Crippen LogP contribution in [-0.4, -0.2) is 0 Å². The molecule has 1 nitrogen and oxygen atoms in total. The molecule has 0 saturated heterocycles. The SMILES string of the molecule is CC(C)(C)c1cc(-c2ccccc2N(c2ccccc2-c2cccc3cccc(C4CCCCC4)c23)c2ccccc2-c2cccc3sc4ccccc4c23)cc(C(C)(C)C)c1. The molecule has 0 spiro atoms. The van der Waals surface area contributed by atoms with Crippen LogP contribution in [0.3, 0.4) is 0 Å². The van der Waals surface area contributed by atoms with Crippen LogP contribution in [0, 0.1) is 0 Å². The topological polar surface area (TPSA) is 3.24 Å². The van der Waals surface area contributed by atoms with Crippen LogP contribution in [0.4, 0.5) is 17.1 Å². The van der Waals surface area contributed by atoms with Crippen molar-refractivity contribution < 1.29 is 0 Å². The molecule has 8 aromatic carbocycles. The van der Waals surface area contributed by atoms with Gasteiger partial charge in [0.25, 0.3) is 0 Å². The minimum atomic E-state index is -0.0176. The molecule has 1 saturated carbocycles. The van der Waals surface area contributed by atoms with Gasteiger partial charge in [0.1, 0.15) is 0 Å². The van der Waals surface area contributed by atoms with Gasteiger partial charge >= 0.3 is 0 Å². The van der Waals surface area contributed by atoms with Gasteiger partial charge in [-0.15, -0.1) is 11.3 Å². The van der Waals surface area contributed by atoms with Crippen LogP contribution in [0.15, 0.2) is 170 Å². The summed E-state index contributed by atoms with van der Waals surface area (Å²) in [5.41, 5.74) is 15.1. The number of thiophene rings is 1. The van der Waals surface area contributed by atoms with E-state index in [2.05, 4.69) is 216 Å². The number of rotatable bonds is 7. The third-order valence-corrected chi connectivity index (χ3v) is 14.5. The first-order valence-corrected chi connectivity index (χ1v) is 23.5. The van der Waals surface area contributed by atoms with Crippen LogP contribution in [0.2, 0.25) is 0 Å². The second-order valence-electron chi connectivity index (χ2n) is 19.5. The van der Waals surface area contributed by atoms with Crippen molar-refractivity contribution in [2.45, 2.75) is 90.4 Å². The molecular weight excluding hydrogens is 767 g/mol. The first-order valence-electron chi connectivity index (χ1n) is 22.7. The monoisotopic (exact) mass is 823 g/mol. The Morgan fingerprint density at radius 3 is 1.55 bits per heavy atom. The molecule has 62 heavy (non-hydrogen) atoms. The highest BCUT2D eigenvalue weighted by atomic mass is 32.1. The summed E-state index contributed by atoms with van der Waals surface area (Å²) >= 11 is 1.88. The summed E-state index contributed by atoms with van der Waals surface area (Å²) in [7, 11) is 0. The molecule has 10 rings (SSSR count). The Bertz CT molecular complexity index is 3050. The van der Waals surface area contributed by atoms with E-state index in [4.69, 9.17) is 0 Å². The van der Waals surface area contributed by atoms with E-state index in [1.165, 1.54) is 119 Å². The molecule has 308 valence electrons. The first-order chi connectivity index (χ1) is 30.0. The van der Waals surface area contributed by atoms with Gasteiger partial charge in [0.2, 0.25) is 0 Å². The van der Waals surface area contributed by atoms with Crippen molar-refractivity contribution in [3.8, 4) is 33.4 Å². The van der Waals surface area contributed by atoms with Gasteiger partial charge in [0.05, 0.1) is 17.1 Å². The molecule has 0 N–H and O–H groups in total. The average Bonchev–Trinajstić information content (AvgIpc) is 3.68. The van der Waals surface area contributed by atoms with E-state index in [-0.39, 0.29) is 10.8 Å². The number of anilines is 3. The Morgan fingerprint density at radius 1 is 0.435 bits per heavy atom. The molecule has 1 aromatic heterocycles. The molecule has 1 aliphatic carbocycles. The zero-order valence-corrected chi connectivity index (χ0v) is 38.0. The minimum Gasteiger partial charge on any atom is -0.309 e. The zero-order valence-electron chi connectivity index (χ0n) is 37.1. The minimum absolute atomic E-state index is 0.0176. The molecule has 9 aromatic rings. The van der Waals surface area contributed by atoms with Crippen LogP contribution in [0.5, 0.6) is 0 Å². The molecule has 0 amide bonds. The molecule has 0 atom stereocenters. The molecule has 2 heteroatoms. The van der Waals surface area contributed by atoms with Gasteiger partial charge in [-0.3, -0.25) is 0 Å². The van der Waals surface area contributed by atoms with Gasteiger partial charge in [-0.25, -0.2) is 0 Å². The molecular formula is C60H57NS. The third kappa shape index (κ3) is 7.33. The Kier molecular flexibility index (Phi) is 10.4. The van der Waals surface area contributed by atoms with Crippen molar-refractivity contribution in [1.82, 2.24) is 0 Å². The number of hydrogen-bond acceptors (Lipinski definition) is 2. The molecule has 0 unspecified atom stereocenters. The maximum Gasteiger partial charge on any atom is 0.0540 e. The van der Waals surface area contributed by atoms with E-state index in [1.54, 1.807) is 0 Å². The smallest absolute Gasteiger partial charge is 0.0540 e. The van der Waals surface area contributed by atoms with Gasteiger partial charge in [0.15, 0.2) is 0 Å². The van der Waals surface area contributed by atoms with Crippen molar-refractivity contribution >= 4 is 59.3 Å². The van der Waals surface area contributed by atoms with Crippen molar-refractivity contribution in [1.29, 1.82) is 0 Å². The van der Waals surface area contributed by atoms with Gasteiger partial charge < -0.3 is 4.90 Å². The summed E-state index contributed by atoms with van der Waals surface area (Å²) < 4.78 is 2.63. The Hall–Kier alpha value is -5.96. The fourth-order valence-electron chi connectivity index (χ4n) is 10.1. The maximum absolute atomic E-state index is 2.59. The summed E-state index contributed by atoms with van der Waals surface area (Å²) in [6.07, 6.45) is 6.47.